The Balaban J connectivity index is 1.93. The van der Waals surface area contributed by atoms with Crippen molar-refractivity contribution in [3.63, 3.8) is 0 Å². The number of thiazole rings is 1. The molecule has 2 aromatic rings. The number of nitro groups is 1. The summed E-state index contributed by atoms with van der Waals surface area (Å²) in [6.45, 7) is 6.87. The van der Waals surface area contributed by atoms with Gasteiger partial charge >= 0.3 is 6.18 Å². The number of alkyl halides is 3. The van der Waals surface area contributed by atoms with Crippen molar-refractivity contribution in [2.24, 2.45) is 0 Å². The van der Waals surface area contributed by atoms with Crippen LogP contribution in [0.3, 0.4) is 0 Å². The summed E-state index contributed by atoms with van der Waals surface area (Å²) in [6.07, 6.45) is -5.22. The average molecular weight is 450 g/mol. The molecule has 6 nitrogen and oxygen atoms in total. The first kappa shape index (κ1) is 21.8. The molecule has 3 rings (SSSR count). The van der Waals surface area contributed by atoms with Gasteiger partial charge in [0.2, 0.25) is 0 Å². The monoisotopic (exact) mass is 449 g/mol. The Bertz CT molecular complexity index is 927. The molecule has 0 amide bonds. The van der Waals surface area contributed by atoms with Crippen LogP contribution in [0.2, 0.25) is 5.02 Å². The summed E-state index contributed by atoms with van der Waals surface area (Å²) in [7, 11) is 0. The van der Waals surface area contributed by atoms with Gasteiger partial charge in [-0.25, -0.2) is 4.98 Å². The highest BCUT2D eigenvalue weighted by molar-refractivity contribution is 7.09. The summed E-state index contributed by atoms with van der Waals surface area (Å²) >= 11 is 7.23. The topological polar surface area (TPSA) is 68.5 Å². The standard InChI is InChI=1S/C18H19ClF3N3O3S/c1-17(2,3)15-9-29-16(23-15)14-8-24(4-5-28-14)12-7-11(19)10(18(20,21)22)6-13(12)25(26)27/h6-7,9,14H,4-5,8H2,1-3H3/t14-/m1/s1. The number of halogens is 4. The van der Waals surface area contributed by atoms with E-state index in [4.69, 9.17) is 16.3 Å². The molecule has 1 fully saturated rings. The number of rotatable bonds is 3. The van der Waals surface area contributed by atoms with Crippen LogP contribution in [0.5, 0.6) is 0 Å². The maximum Gasteiger partial charge on any atom is 0.418 e. The van der Waals surface area contributed by atoms with Crippen molar-refractivity contribution in [2.45, 2.75) is 38.5 Å². The van der Waals surface area contributed by atoms with E-state index in [9.17, 15) is 23.3 Å². The summed E-state index contributed by atoms with van der Waals surface area (Å²) in [6, 6.07) is 1.50. The van der Waals surface area contributed by atoms with E-state index in [-0.39, 0.29) is 30.8 Å². The Morgan fingerprint density at radius 3 is 2.59 bits per heavy atom. The van der Waals surface area contributed by atoms with Crippen molar-refractivity contribution in [1.82, 2.24) is 4.98 Å². The minimum absolute atomic E-state index is 0.0360. The first-order chi connectivity index (χ1) is 13.4. The molecule has 1 atom stereocenters. The average Bonchev–Trinajstić information content (AvgIpc) is 3.11. The third-order valence-corrected chi connectivity index (χ3v) is 5.79. The predicted molar refractivity (Wildman–Crippen MR) is 105 cm³/mol. The Labute approximate surface area is 174 Å². The van der Waals surface area contributed by atoms with E-state index in [0.717, 1.165) is 16.8 Å². The minimum Gasteiger partial charge on any atom is -0.367 e. The van der Waals surface area contributed by atoms with Gasteiger partial charge in [-0.3, -0.25) is 10.1 Å². The molecule has 1 aliphatic rings. The van der Waals surface area contributed by atoms with Gasteiger partial charge in [-0.1, -0.05) is 32.4 Å². The van der Waals surface area contributed by atoms with Gasteiger partial charge in [0, 0.05) is 23.4 Å². The van der Waals surface area contributed by atoms with Crippen molar-refractivity contribution in [1.29, 1.82) is 0 Å². The van der Waals surface area contributed by atoms with Gasteiger partial charge < -0.3 is 9.64 Å². The molecule has 0 unspecified atom stereocenters. The van der Waals surface area contributed by atoms with Crippen molar-refractivity contribution in [3.05, 3.63) is 48.9 Å². The zero-order valence-corrected chi connectivity index (χ0v) is 17.5. The van der Waals surface area contributed by atoms with E-state index in [2.05, 4.69) is 4.98 Å². The number of benzene rings is 1. The second-order valence-electron chi connectivity index (χ2n) is 7.70. The van der Waals surface area contributed by atoms with Gasteiger partial charge in [0.15, 0.2) is 0 Å². The molecule has 1 saturated heterocycles. The molecule has 0 spiro atoms. The number of nitrogens with zero attached hydrogens (tertiary/aromatic N) is 3. The first-order valence-electron chi connectivity index (χ1n) is 8.75. The summed E-state index contributed by atoms with van der Waals surface area (Å²) in [4.78, 5) is 16.9. The fraction of sp³-hybridized carbons (Fsp3) is 0.500. The Kier molecular flexibility index (Phi) is 5.81. The Morgan fingerprint density at radius 1 is 1.34 bits per heavy atom. The van der Waals surface area contributed by atoms with Crippen LogP contribution in [-0.4, -0.2) is 29.6 Å². The molecule has 11 heteroatoms. The molecule has 158 valence electrons. The van der Waals surface area contributed by atoms with Crippen molar-refractivity contribution >= 4 is 34.3 Å². The van der Waals surface area contributed by atoms with E-state index < -0.39 is 33.5 Å². The minimum atomic E-state index is -4.78. The number of anilines is 1. The highest BCUT2D eigenvalue weighted by Gasteiger charge is 2.38. The zero-order chi connectivity index (χ0) is 21.6. The molecule has 0 radical (unpaired) electrons. The first-order valence-corrected chi connectivity index (χ1v) is 10.0. The molecule has 1 aromatic heterocycles. The molecular weight excluding hydrogens is 431 g/mol. The second kappa shape index (κ2) is 7.73. The lowest BCUT2D eigenvalue weighted by Crippen LogP contribution is -2.38. The normalized spacial score (nSPS) is 18.2. The molecule has 0 saturated carbocycles. The quantitative estimate of drug-likeness (QED) is 0.450. The molecule has 0 bridgehead atoms. The highest BCUT2D eigenvalue weighted by Crippen LogP contribution is 2.42. The van der Waals surface area contributed by atoms with Crippen molar-refractivity contribution in [3.8, 4) is 0 Å². The van der Waals surface area contributed by atoms with Gasteiger partial charge in [0.1, 0.15) is 16.8 Å². The van der Waals surface area contributed by atoms with Crippen LogP contribution in [0.15, 0.2) is 17.5 Å². The summed E-state index contributed by atoms with van der Waals surface area (Å²) < 4.78 is 45.1. The van der Waals surface area contributed by atoms with E-state index in [1.165, 1.54) is 11.3 Å². The van der Waals surface area contributed by atoms with Crippen LogP contribution in [0.4, 0.5) is 24.5 Å². The number of hydrogen-bond donors (Lipinski definition) is 0. The molecule has 1 aromatic carbocycles. The van der Waals surface area contributed by atoms with E-state index in [1.807, 2.05) is 26.2 Å². The summed E-state index contributed by atoms with van der Waals surface area (Å²) in [5.74, 6) is 0. The van der Waals surface area contributed by atoms with Crippen LogP contribution in [-0.2, 0) is 16.3 Å². The molecule has 0 aliphatic carbocycles. The van der Waals surface area contributed by atoms with E-state index in [0.29, 0.717) is 6.07 Å². The van der Waals surface area contributed by atoms with E-state index in [1.54, 1.807) is 4.90 Å². The van der Waals surface area contributed by atoms with Crippen LogP contribution in [0, 0.1) is 10.1 Å². The van der Waals surface area contributed by atoms with Gasteiger partial charge in [-0.15, -0.1) is 11.3 Å². The van der Waals surface area contributed by atoms with Crippen LogP contribution in [0.25, 0.3) is 0 Å². The van der Waals surface area contributed by atoms with Crippen molar-refractivity contribution < 1.29 is 22.8 Å². The lowest BCUT2D eigenvalue weighted by atomic mass is 9.93. The lowest BCUT2D eigenvalue weighted by Gasteiger charge is -2.33. The van der Waals surface area contributed by atoms with Gasteiger partial charge in [-0.05, 0) is 6.07 Å². The van der Waals surface area contributed by atoms with Crippen LogP contribution in [0.1, 0.15) is 43.1 Å². The van der Waals surface area contributed by atoms with Crippen LogP contribution < -0.4 is 4.90 Å². The number of hydrogen-bond acceptors (Lipinski definition) is 6. The third kappa shape index (κ3) is 4.65. The molecular formula is C18H19ClF3N3O3S. The molecule has 0 N–H and O–H groups in total. The second-order valence-corrected chi connectivity index (χ2v) is 9.00. The largest absolute Gasteiger partial charge is 0.418 e. The number of morpholine rings is 1. The number of ether oxygens (including phenoxy) is 1. The lowest BCUT2D eigenvalue weighted by molar-refractivity contribution is -0.384. The summed E-state index contributed by atoms with van der Waals surface area (Å²) in [5, 5.41) is 13.5. The van der Waals surface area contributed by atoms with Gasteiger partial charge in [0.25, 0.3) is 5.69 Å². The molecule has 1 aliphatic heterocycles. The number of nitro benzene ring substituents is 1. The predicted octanol–water partition coefficient (Wildman–Crippen LogP) is 5.60. The van der Waals surface area contributed by atoms with Gasteiger partial charge in [-0.2, -0.15) is 13.2 Å². The third-order valence-electron chi connectivity index (χ3n) is 4.54. The zero-order valence-electron chi connectivity index (χ0n) is 15.9. The van der Waals surface area contributed by atoms with E-state index >= 15 is 0 Å². The Morgan fingerprint density at radius 2 is 2.03 bits per heavy atom. The maximum absolute atomic E-state index is 13.1. The highest BCUT2D eigenvalue weighted by atomic mass is 35.5. The van der Waals surface area contributed by atoms with Crippen molar-refractivity contribution in [2.75, 3.05) is 24.6 Å². The Hall–Kier alpha value is -1.91. The number of aromatic nitrogens is 1. The SMILES string of the molecule is CC(C)(C)c1csc([C@H]2CN(c3cc(Cl)c(C(F)(F)F)cc3[N+](=O)[O-])CCO2)n1. The van der Waals surface area contributed by atoms with Crippen LogP contribution >= 0.6 is 22.9 Å². The summed E-state index contributed by atoms with van der Waals surface area (Å²) in [5.41, 5.74) is -1.07. The maximum atomic E-state index is 13.1. The molecule has 29 heavy (non-hydrogen) atoms. The fourth-order valence-corrected chi connectivity index (χ4v) is 4.31. The molecule has 2 heterocycles. The smallest absolute Gasteiger partial charge is 0.367 e. The fourth-order valence-electron chi connectivity index (χ4n) is 2.97. The van der Waals surface area contributed by atoms with Gasteiger partial charge in [0.05, 0.1) is 34.4 Å².